The van der Waals surface area contributed by atoms with Crippen LogP contribution in [0.5, 0.6) is 0 Å². The molecule has 1 aromatic carbocycles. The van der Waals surface area contributed by atoms with Crippen LogP contribution in [-0.4, -0.2) is 62.7 Å². The van der Waals surface area contributed by atoms with Crippen molar-refractivity contribution >= 4 is 0 Å². The van der Waals surface area contributed by atoms with Gasteiger partial charge in [-0.25, -0.2) is 0 Å². The normalized spacial score (nSPS) is 21.9. The van der Waals surface area contributed by atoms with E-state index in [1.807, 2.05) is 0 Å². The third-order valence-corrected chi connectivity index (χ3v) is 5.28. The molecule has 1 fully saturated rings. The zero-order chi connectivity index (χ0) is 18.5. The molecule has 0 spiro atoms. The third-order valence-electron chi connectivity index (χ3n) is 5.28. The standard InChI is InChI=1S/C19H30F3N3/c1-24(2)12-13-25(3)18(9-5-11-23-15-18)10-8-16-6-4-7-17(14-16)19(20,21)22/h4,6-7,14,23H,5,8-13,15H2,1-3H3. The van der Waals surface area contributed by atoms with Crippen LogP contribution >= 0.6 is 0 Å². The van der Waals surface area contributed by atoms with Gasteiger partial charge in [0.15, 0.2) is 0 Å². The first-order chi connectivity index (χ1) is 11.7. The van der Waals surface area contributed by atoms with Crippen LogP contribution in [0.3, 0.4) is 0 Å². The molecular weight excluding hydrogens is 327 g/mol. The molecule has 1 heterocycles. The van der Waals surface area contributed by atoms with E-state index in [2.05, 4.69) is 36.3 Å². The molecule has 0 radical (unpaired) electrons. The average molecular weight is 357 g/mol. The van der Waals surface area contributed by atoms with Gasteiger partial charge in [0.1, 0.15) is 0 Å². The number of likely N-dealkylation sites (N-methyl/N-ethyl adjacent to an activating group) is 2. The number of aryl methyl sites for hydroxylation is 1. The second-order valence-corrected chi connectivity index (χ2v) is 7.43. The van der Waals surface area contributed by atoms with Gasteiger partial charge in [-0.15, -0.1) is 0 Å². The number of hydrogen-bond donors (Lipinski definition) is 1. The van der Waals surface area contributed by atoms with Crippen LogP contribution in [0.1, 0.15) is 30.4 Å². The predicted molar refractivity (Wildman–Crippen MR) is 95.8 cm³/mol. The lowest BCUT2D eigenvalue weighted by Crippen LogP contribution is -2.57. The van der Waals surface area contributed by atoms with E-state index in [0.717, 1.165) is 57.1 Å². The van der Waals surface area contributed by atoms with Gasteiger partial charge >= 0.3 is 6.18 Å². The van der Waals surface area contributed by atoms with E-state index in [-0.39, 0.29) is 5.54 Å². The van der Waals surface area contributed by atoms with Crippen LogP contribution in [0.25, 0.3) is 0 Å². The van der Waals surface area contributed by atoms with Gasteiger partial charge in [0.2, 0.25) is 0 Å². The predicted octanol–water partition coefficient (Wildman–Crippen LogP) is 3.25. The van der Waals surface area contributed by atoms with Gasteiger partial charge in [-0.05, 0) is 65.0 Å². The quantitative estimate of drug-likeness (QED) is 0.808. The number of piperidine rings is 1. The fourth-order valence-corrected chi connectivity index (χ4v) is 3.55. The lowest BCUT2D eigenvalue weighted by molar-refractivity contribution is -0.137. The van der Waals surface area contributed by atoms with E-state index in [4.69, 9.17) is 0 Å². The molecule has 1 saturated heterocycles. The Kier molecular flexibility index (Phi) is 6.88. The Balaban J connectivity index is 2.07. The van der Waals surface area contributed by atoms with Crippen molar-refractivity contribution < 1.29 is 13.2 Å². The number of alkyl halides is 3. The Morgan fingerprint density at radius 2 is 1.92 bits per heavy atom. The van der Waals surface area contributed by atoms with E-state index in [0.29, 0.717) is 6.42 Å². The lowest BCUT2D eigenvalue weighted by Gasteiger charge is -2.45. The minimum atomic E-state index is -4.28. The van der Waals surface area contributed by atoms with Crippen LogP contribution in [-0.2, 0) is 12.6 Å². The number of benzene rings is 1. The van der Waals surface area contributed by atoms with Gasteiger partial charge < -0.3 is 10.2 Å². The molecular formula is C19H30F3N3. The van der Waals surface area contributed by atoms with Crippen molar-refractivity contribution in [3.05, 3.63) is 35.4 Å². The van der Waals surface area contributed by atoms with Crippen LogP contribution in [0.15, 0.2) is 24.3 Å². The summed E-state index contributed by atoms with van der Waals surface area (Å²) < 4.78 is 38.8. The fraction of sp³-hybridized carbons (Fsp3) is 0.684. The molecule has 1 aliphatic heterocycles. The van der Waals surface area contributed by atoms with E-state index >= 15 is 0 Å². The summed E-state index contributed by atoms with van der Waals surface area (Å²) in [6.45, 7) is 3.85. The van der Waals surface area contributed by atoms with E-state index < -0.39 is 11.7 Å². The second kappa shape index (κ2) is 8.52. The van der Waals surface area contributed by atoms with Crippen molar-refractivity contribution in [1.82, 2.24) is 15.1 Å². The molecule has 142 valence electrons. The van der Waals surface area contributed by atoms with Gasteiger partial charge in [0.25, 0.3) is 0 Å². The molecule has 25 heavy (non-hydrogen) atoms. The highest BCUT2D eigenvalue weighted by molar-refractivity contribution is 5.26. The highest BCUT2D eigenvalue weighted by Crippen LogP contribution is 2.32. The topological polar surface area (TPSA) is 18.5 Å². The highest BCUT2D eigenvalue weighted by Gasteiger charge is 2.36. The number of nitrogens with one attached hydrogen (secondary N) is 1. The summed E-state index contributed by atoms with van der Waals surface area (Å²) in [6, 6.07) is 5.76. The van der Waals surface area contributed by atoms with Crippen LogP contribution in [0.4, 0.5) is 13.2 Å². The summed E-state index contributed by atoms with van der Waals surface area (Å²) in [5.41, 5.74) is 0.227. The van der Waals surface area contributed by atoms with E-state index in [9.17, 15) is 13.2 Å². The molecule has 2 rings (SSSR count). The number of hydrogen-bond acceptors (Lipinski definition) is 3. The van der Waals surface area contributed by atoms with Crippen LogP contribution in [0.2, 0.25) is 0 Å². The van der Waals surface area contributed by atoms with Gasteiger partial charge in [0.05, 0.1) is 5.56 Å². The smallest absolute Gasteiger partial charge is 0.315 e. The summed E-state index contributed by atoms with van der Waals surface area (Å²) in [5, 5.41) is 3.48. The molecule has 1 aromatic rings. The highest BCUT2D eigenvalue weighted by atomic mass is 19.4. The molecule has 0 aliphatic carbocycles. The Labute approximate surface area is 149 Å². The molecule has 3 nitrogen and oxygen atoms in total. The number of rotatable bonds is 7. The molecule has 0 aromatic heterocycles. The van der Waals surface area contributed by atoms with E-state index in [1.165, 1.54) is 12.1 Å². The minimum absolute atomic E-state index is 0.0164. The van der Waals surface area contributed by atoms with Gasteiger partial charge in [-0.1, -0.05) is 18.2 Å². The molecule has 1 aliphatic rings. The lowest BCUT2D eigenvalue weighted by atomic mass is 9.82. The molecule has 6 heteroatoms. The van der Waals surface area contributed by atoms with Crippen molar-refractivity contribution in [2.24, 2.45) is 0 Å². The first kappa shape index (κ1) is 20.2. The van der Waals surface area contributed by atoms with Crippen molar-refractivity contribution in [2.75, 3.05) is 47.3 Å². The first-order valence-electron chi connectivity index (χ1n) is 8.96. The van der Waals surface area contributed by atoms with Gasteiger partial charge in [0, 0.05) is 25.2 Å². The molecule has 1 unspecified atom stereocenters. The summed E-state index contributed by atoms with van der Waals surface area (Å²) in [5.74, 6) is 0. The van der Waals surface area contributed by atoms with Crippen molar-refractivity contribution in [2.45, 2.75) is 37.4 Å². The maximum atomic E-state index is 12.9. The Hall–Kier alpha value is -1.11. The third kappa shape index (κ3) is 5.69. The molecule has 1 atom stereocenters. The Bertz CT molecular complexity index is 537. The largest absolute Gasteiger partial charge is 0.416 e. The molecule has 0 amide bonds. The summed E-state index contributed by atoms with van der Waals surface area (Å²) >= 11 is 0. The zero-order valence-electron chi connectivity index (χ0n) is 15.5. The number of halogens is 3. The van der Waals surface area contributed by atoms with Crippen molar-refractivity contribution in [3.8, 4) is 0 Å². The molecule has 0 saturated carbocycles. The van der Waals surface area contributed by atoms with Crippen molar-refractivity contribution in [3.63, 3.8) is 0 Å². The maximum absolute atomic E-state index is 12.9. The minimum Gasteiger partial charge on any atom is -0.315 e. The summed E-state index contributed by atoms with van der Waals surface area (Å²) in [6.07, 6.45) is -0.552. The maximum Gasteiger partial charge on any atom is 0.416 e. The summed E-state index contributed by atoms with van der Waals surface area (Å²) in [4.78, 5) is 4.56. The second-order valence-electron chi connectivity index (χ2n) is 7.43. The Morgan fingerprint density at radius 3 is 2.52 bits per heavy atom. The molecule has 1 N–H and O–H groups in total. The number of nitrogens with zero attached hydrogens (tertiary/aromatic N) is 2. The first-order valence-corrected chi connectivity index (χ1v) is 8.96. The monoisotopic (exact) mass is 357 g/mol. The Morgan fingerprint density at radius 1 is 1.16 bits per heavy atom. The van der Waals surface area contributed by atoms with E-state index in [1.54, 1.807) is 6.07 Å². The van der Waals surface area contributed by atoms with Gasteiger partial charge in [-0.2, -0.15) is 13.2 Å². The molecule has 0 bridgehead atoms. The zero-order valence-corrected chi connectivity index (χ0v) is 15.5. The fourth-order valence-electron chi connectivity index (χ4n) is 3.55. The van der Waals surface area contributed by atoms with Crippen LogP contribution in [0, 0.1) is 0 Å². The average Bonchev–Trinajstić information content (AvgIpc) is 2.58. The van der Waals surface area contributed by atoms with Crippen LogP contribution < -0.4 is 5.32 Å². The summed E-state index contributed by atoms with van der Waals surface area (Å²) in [7, 11) is 6.26. The van der Waals surface area contributed by atoms with Gasteiger partial charge in [-0.3, -0.25) is 4.90 Å². The SMILES string of the molecule is CN(C)CCN(C)C1(CCc2cccc(C(F)(F)F)c2)CCCNC1. The van der Waals surface area contributed by atoms with Crippen molar-refractivity contribution in [1.29, 1.82) is 0 Å².